The van der Waals surface area contributed by atoms with Crippen LogP contribution in [0, 0.1) is 6.92 Å². The summed E-state index contributed by atoms with van der Waals surface area (Å²) in [6.45, 7) is 7.54. The maximum absolute atomic E-state index is 12.1. The summed E-state index contributed by atoms with van der Waals surface area (Å²) in [6.07, 6.45) is 1.61. The molecule has 7 nitrogen and oxygen atoms in total. The number of aryl methyl sites for hydroxylation is 1. The molecule has 0 spiro atoms. The van der Waals surface area contributed by atoms with Gasteiger partial charge in [0.1, 0.15) is 11.8 Å². The van der Waals surface area contributed by atoms with Crippen molar-refractivity contribution in [2.75, 3.05) is 5.73 Å². The maximum Gasteiger partial charge on any atom is 0.274 e. The van der Waals surface area contributed by atoms with Gasteiger partial charge in [-0.2, -0.15) is 5.10 Å². The smallest absolute Gasteiger partial charge is 0.274 e. The number of aromatic nitrogens is 3. The minimum Gasteiger partial charge on any atom is -0.444 e. The van der Waals surface area contributed by atoms with Crippen LogP contribution in [0.25, 0.3) is 0 Å². The summed E-state index contributed by atoms with van der Waals surface area (Å²) >= 11 is 0. The van der Waals surface area contributed by atoms with E-state index < -0.39 is 0 Å². The number of carbonyl (C=O) groups is 1. The molecule has 0 aliphatic heterocycles. The number of aromatic amines is 1. The number of rotatable bonds is 4. The number of amides is 1. The van der Waals surface area contributed by atoms with Crippen LogP contribution in [0.1, 0.15) is 60.6 Å². The first kappa shape index (κ1) is 14.1. The third-order valence-corrected chi connectivity index (χ3v) is 2.98. The molecule has 0 aromatic carbocycles. The molecular weight excluding hydrogens is 258 g/mol. The van der Waals surface area contributed by atoms with Gasteiger partial charge in [-0.05, 0) is 19.8 Å². The molecule has 7 heteroatoms. The van der Waals surface area contributed by atoms with Gasteiger partial charge in [0, 0.05) is 0 Å². The van der Waals surface area contributed by atoms with Crippen LogP contribution in [0.3, 0.4) is 0 Å². The van der Waals surface area contributed by atoms with E-state index in [9.17, 15) is 4.79 Å². The SMILES string of the molecule is Cc1cnc(C(C)NC(=O)c2n[nH]c(C(C)C)c2N)o1. The number of H-pyrrole nitrogens is 1. The minimum absolute atomic E-state index is 0.177. The molecule has 1 unspecified atom stereocenters. The number of oxazole rings is 1. The molecule has 2 aromatic heterocycles. The lowest BCUT2D eigenvalue weighted by atomic mass is 10.1. The summed E-state index contributed by atoms with van der Waals surface area (Å²) in [5.41, 5.74) is 7.27. The second-order valence-corrected chi connectivity index (χ2v) is 5.06. The lowest BCUT2D eigenvalue weighted by Gasteiger charge is -2.09. The van der Waals surface area contributed by atoms with Gasteiger partial charge in [-0.15, -0.1) is 0 Å². The first-order chi connectivity index (χ1) is 9.40. The van der Waals surface area contributed by atoms with Crippen molar-refractivity contribution >= 4 is 11.6 Å². The van der Waals surface area contributed by atoms with Gasteiger partial charge in [-0.3, -0.25) is 9.89 Å². The number of hydrogen-bond donors (Lipinski definition) is 3. The van der Waals surface area contributed by atoms with Crippen molar-refractivity contribution in [3.05, 3.63) is 29.2 Å². The highest BCUT2D eigenvalue weighted by Crippen LogP contribution is 2.22. The molecule has 2 rings (SSSR count). The Morgan fingerprint density at radius 2 is 2.15 bits per heavy atom. The van der Waals surface area contributed by atoms with E-state index >= 15 is 0 Å². The van der Waals surface area contributed by atoms with Crippen LogP contribution in [0.5, 0.6) is 0 Å². The highest BCUT2D eigenvalue weighted by atomic mass is 16.4. The Morgan fingerprint density at radius 3 is 2.65 bits per heavy atom. The Kier molecular flexibility index (Phi) is 3.78. The fourth-order valence-electron chi connectivity index (χ4n) is 1.88. The van der Waals surface area contributed by atoms with E-state index in [0.29, 0.717) is 17.3 Å². The van der Waals surface area contributed by atoms with Crippen molar-refractivity contribution < 1.29 is 9.21 Å². The van der Waals surface area contributed by atoms with Crippen LogP contribution in [0.15, 0.2) is 10.6 Å². The summed E-state index contributed by atoms with van der Waals surface area (Å²) in [5, 5.41) is 9.53. The summed E-state index contributed by atoms with van der Waals surface area (Å²) < 4.78 is 5.37. The van der Waals surface area contributed by atoms with Crippen LogP contribution in [-0.4, -0.2) is 21.1 Å². The Labute approximate surface area is 117 Å². The Morgan fingerprint density at radius 1 is 1.45 bits per heavy atom. The lowest BCUT2D eigenvalue weighted by Crippen LogP contribution is -2.27. The van der Waals surface area contributed by atoms with E-state index in [1.807, 2.05) is 13.8 Å². The van der Waals surface area contributed by atoms with Gasteiger partial charge in [0.25, 0.3) is 5.91 Å². The lowest BCUT2D eigenvalue weighted by molar-refractivity contribution is 0.0929. The molecule has 4 N–H and O–H groups in total. The monoisotopic (exact) mass is 277 g/mol. The normalized spacial score (nSPS) is 12.7. The number of nitrogens with one attached hydrogen (secondary N) is 2. The number of hydrogen-bond acceptors (Lipinski definition) is 5. The van der Waals surface area contributed by atoms with E-state index in [1.54, 1.807) is 20.0 Å². The van der Waals surface area contributed by atoms with Gasteiger partial charge in [0.15, 0.2) is 5.69 Å². The fraction of sp³-hybridized carbons (Fsp3) is 0.462. The highest BCUT2D eigenvalue weighted by molar-refractivity contribution is 5.97. The predicted molar refractivity (Wildman–Crippen MR) is 74.2 cm³/mol. The number of nitrogen functional groups attached to an aromatic ring is 1. The second-order valence-electron chi connectivity index (χ2n) is 5.06. The van der Waals surface area contributed by atoms with E-state index in [4.69, 9.17) is 10.2 Å². The molecule has 108 valence electrons. The summed E-state index contributed by atoms with van der Waals surface area (Å²) in [5.74, 6) is 0.974. The zero-order chi connectivity index (χ0) is 14.9. The maximum atomic E-state index is 12.1. The largest absolute Gasteiger partial charge is 0.444 e. The Bertz CT molecular complexity index is 614. The van der Waals surface area contributed by atoms with Gasteiger partial charge in [-0.25, -0.2) is 4.98 Å². The summed E-state index contributed by atoms with van der Waals surface area (Å²) in [4.78, 5) is 16.2. The van der Waals surface area contributed by atoms with Crippen molar-refractivity contribution in [1.82, 2.24) is 20.5 Å². The van der Waals surface area contributed by atoms with Crippen LogP contribution in [-0.2, 0) is 0 Å². The predicted octanol–water partition coefficient (Wildman–Crippen LogP) is 1.90. The molecule has 0 saturated carbocycles. The van der Waals surface area contributed by atoms with E-state index in [2.05, 4.69) is 20.5 Å². The second kappa shape index (κ2) is 5.36. The molecule has 0 aliphatic rings. The third-order valence-electron chi connectivity index (χ3n) is 2.98. The first-order valence-corrected chi connectivity index (χ1v) is 6.47. The zero-order valence-electron chi connectivity index (χ0n) is 12.0. The first-order valence-electron chi connectivity index (χ1n) is 6.47. The van der Waals surface area contributed by atoms with Gasteiger partial charge in [0.05, 0.1) is 17.6 Å². The van der Waals surface area contributed by atoms with Crippen LogP contribution in [0.2, 0.25) is 0 Å². The van der Waals surface area contributed by atoms with Crippen LogP contribution < -0.4 is 11.1 Å². The summed E-state index contributed by atoms with van der Waals surface area (Å²) in [7, 11) is 0. The third kappa shape index (κ3) is 2.66. The Balaban J connectivity index is 2.12. The van der Waals surface area contributed by atoms with Crippen molar-refractivity contribution in [2.45, 2.75) is 39.7 Å². The molecule has 0 aliphatic carbocycles. The van der Waals surface area contributed by atoms with E-state index in [-0.39, 0.29) is 23.6 Å². The number of anilines is 1. The fourth-order valence-corrected chi connectivity index (χ4v) is 1.88. The standard InChI is InChI=1S/C13H19N5O2/c1-6(2)10-9(14)11(18-17-10)12(19)16-8(4)13-15-5-7(3)20-13/h5-6,8H,14H2,1-4H3,(H,16,19)(H,17,18). The molecule has 0 fully saturated rings. The minimum atomic E-state index is -0.353. The highest BCUT2D eigenvalue weighted by Gasteiger charge is 2.22. The average molecular weight is 277 g/mol. The molecule has 1 atom stereocenters. The molecule has 0 bridgehead atoms. The van der Waals surface area contributed by atoms with Gasteiger partial charge in [-0.1, -0.05) is 13.8 Å². The number of carbonyl (C=O) groups excluding carboxylic acids is 1. The van der Waals surface area contributed by atoms with E-state index in [0.717, 1.165) is 5.69 Å². The van der Waals surface area contributed by atoms with Crippen molar-refractivity contribution in [2.24, 2.45) is 0 Å². The molecule has 0 radical (unpaired) electrons. The van der Waals surface area contributed by atoms with Crippen LogP contribution >= 0.6 is 0 Å². The number of nitrogens with two attached hydrogens (primary N) is 1. The summed E-state index contributed by atoms with van der Waals surface area (Å²) in [6, 6.07) is -0.352. The molecule has 2 aromatic rings. The van der Waals surface area contributed by atoms with Gasteiger partial charge in [0.2, 0.25) is 5.89 Å². The molecule has 1 amide bonds. The molecule has 2 heterocycles. The van der Waals surface area contributed by atoms with Gasteiger partial charge < -0.3 is 15.5 Å². The van der Waals surface area contributed by atoms with Gasteiger partial charge >= 0.3 is 0 Å². The Hall–Kier alpha value is -2.31. The van der Waals surface area contributed by atoms with Crippen molar-refractivity contribution in [1.29, 1.82) is 0 Å². The topological polar surface area (TPSA) is 110 Å². The molecular formula is C13H19N5O2. The number of nitrogens with zero attached hydrogens (tertiary/aromatic N) is 2. The average Bonchev–Trinajstić information content (AvgIpc) is 2.95. The zero-order valence-corrected chi connectivity index (χ0v) is 12.0. The van der Waals surface area contributed by atoms with Crippen LogP contribution in [0.4, 0.5) is 5.69 Å². The quantitative estimate of drug-likeness (QED) is 0.790. The van der Waals surface area contributed by atoms with E-state index in [1.165, 1.54) is 0 Å². The van der Waals surface area contributed by atoms with Crippen molar-refractivity contribution in [3.8, 4) is 0 Å². The molecule has 20 heavy (non-hydrogen) atoms. The van der Waals surface area contributed by atoms with Crippen molar-refractivity contribution in [3.63, 3.8) is 0 Å². The molecule has 0 saturated heterocycles.